The highest BCUT2D eigenvalue weighted by Gasteiger charge is 2.10. The van der Waals surface area contributed by atoms with Crippen LogP contribution in [0.5, 0.6) is 5.75 Å². The number of aromatic nitrogens is 1. The van der Waals surface area contributed by atoms with Crippen LogP contribution in [0.1, 0.15) is 11.3 Å². The quantitative estimate of drug-likeness (QED) is 0.917. The third-order valence-electron chi connectivity index (χ3n) is 2.53. The Balaban J connectivity index is 1.96. The van der Waals surface area contributed by atoms with E-state index in [-0.39, 0.29) is 17.8 Å². The summed E-state index contributed by atoms with van der Waals surface area (Å²) >= 11 is 0. The zero-order valence-electron chi connectivity index (χ0n) is 11.2. The summed E-state index contributed by atoms with van der Waals surface area (Å²) < 4.78 is 10.2. The molecule has 0 fully saturated rings. The van der Waals surface area contributed by atoms with Crippen molar-refractivity contribution in [1.29, 1.82) is 0 Å². The standard InChI is InChI=1S/C14H14N2O4/c1-9-3-4-12(15-7-9)16-13(18)8-20-14-10(2)19-6-5-11(14)17/h3-7H,8H2,1-2H3,(H,15,16,18). The number of hydrogen-bond acceptors (Lipinski definition) is 5. The number of carbonyl (C=O) groups is 1. The van der Waals surface area contributed by atoms with Gasteiger partial charge in [-0.05, 0) is 25.5 Å². The van der Waals surface area contributed by atoms with Gasteiger partial charge >= 0.3 is 0 Å². The van der Waals surface area contributed by atoms with Gasteiger partial charge in [0.15, 0.2) is 6.61 Å². The Morgan fingerprint density at radius 2 is 2.15 bits per heavy atom. The highest BCUT2D eigenvalue weighted by molar-refractivity contribution is 5.90. The Morgan fingerprint density at radius 3 is 2.80 bits per heavy atom. The minimum Gasteiger partial charge on any atom is -0.476 e. The molecule has 0 saturated heterocycles. The van der Waals surface area contributed by atoms with Crippen LogP contribution >= 0.6 is 0 Å². The maximum Gasteiger partial charge on any atom is 0.263 e. The van der Waals surface area contributed by atoms with Crippen LogP contribution in [0.3, 0.4) is 0 Å². The van der Waals surface area contributed by atoms with Gasteiger partial charge in [-0.15, -0.1) is 0 Å². The van der Waals surface area contributed by atoms with E-state index < -0.39 is 5.91 Å². The second-order valence-electron chi connectivity index (χ2n) is 4.23. The van der Waals surface area contributed by atoms with Crippen LogP contribution in [0.15, 0.2) is 39.9 Å². The number of aryl methyl sites for hydroxylation is 2. The van der Waals surface area contributed by atoms with Gasteiger partial charge in [0, 0.05) is 12.3 Å². The maximum absolute atomic E-state index is 11.7. The zero-order chi connectivity index (χ0) is 14.5. The number of nitrogens with one attached hydrogen (secondary N) is 1. The van der Waals surface area contributed by atoms with Crippen molar-refractivity contribution in [1.82, 2.24) is 4.98 Å². The normalized spacial score (nSPS) is 10.1. The molecule has 1 amide bonds. The number of ether oxygens (including phenoxy) is 1. The largest absolute Gasteiger partial charge is 0.476 e. The summed E-state index contributed by atoms with van der Waals surface area (Å²) in [5.74, 6) is 0.406. The van der Waals surface area contributed by atoms with Gasteiger partial charge in [0.05, 0.1) is 6.26 Å². The molecule has 6 nitrogen and oxygen atoms in total. The van der Waals surface area contributed by atoms with Crippen molar-refractivity contribution >= 4 is 11.7 Å². The molecular weight excluding hydrogens is 260 g/mol. The van der Waals surface area contributed by atoms with Crippen molar-refractivity contribution in [3.05, 3.63) is 52.2 Å². The van der Waals surface area contributed by atoms with Gasteiger partial charge in [0.25, 0.3) is 5.91 Å². The first-order valence-corrected chi connectivity index (χ1v) is 6.00. The fourth-order valence-electron chi connectivity index (χ4n) is 1.53. The Bertz CT molecular complexity index is 662. The Labute approximate surface area is 115 Å². The molecule has 0 radical (unpaired) electrons. The van der Waals surface area contributed by atoms with Gasteiger partial charge in [-0.3, -0.25) is 9.59 Å². The van der Waals surface area contributed by atoms with Crippen LogP contribution in [-0.4, -0.2) is 17.5 Å². The number of nitrogens with zero attached hydrogens (tertiary/aromatic N) is 1. The summed E-state index contributed by atoms with van der Waals surface area (Å²) in [4.78, 5) is 27.2. The van der Waals surface area contributed by atoms with Crippen molar-refractivity contribution in [2.45, 2.75) is 13.8 Å². The van der Waals surface area contributed by atoms with E-state index in [1.807, 2.05) is 13.0 Å². The monoisotopic (exact) mass is 274 g/mol. The number of pyridine rings is 1. The maximum atomic E-state index is 11.7. The van der Waals surface area contributed by atoms with E-state index in [1.54, 1.807) is 19.2 Å². The van der Waals surface area contributed by atoms with E-state index in [1.165, 1.54) is 12.3 Å². The smallest absolute Gasteiger partial charge is 0.263 e. The SMILES string of the molecule is Cc1ccc(NC(=O)COc2c(C)occc2=O)nc1. The van der Waals surface area contributed by atoms with Gasteiger partial charge in [0.1, 0.15) is 11.6 Å². The highest BCUT2D eigenvalue weighted by atomic mass is 16.5. The van der Waals surface area contributed by atoms with Crippen LogP contribution < -0.4 is 15.5 Å². The van der Waals surface area contributed by atoms with E-state index in [9.17, 15) is 9.59 Å². The van der Waals surface area contributed by atoms with Crippen molar-refractivity contribution < 1.29 is 13.9 Å². The van der Waals surface area contributed by atoms with Gasteiger partial charge in [-0.25, -0.2) is 4.98 Å². The molecule has 0 aliphatic heterocycles. The van der Waals surface area contributed by atoms with Gasteiger partial charge in [0.2, 0.25) is 11.2 Å². The minimum atomic E-state index is -0.399. The van der Waals surface area contributed by atoms with Crippen molar-refractivity contribution in [2.24, 2.45) is 0 Å². The zero-order valence-corrected chi connectivity index (χ0v) is 11.2. The molecular formula is C14H14N2O4. The molecule has 104 valence electrons. The lowest BCUT2D eigenvalue weighted by Crippen LogP contribution is -2.22. The Morgan fingerprint density at radius 1 is 1.35 bits per heavy atom. The fraction of sp³-hybridized carbons (Fsp3) is 0.214. The van der Waals surface area contributed by atoms with Gasteiger partial charge in [-0.2, -0.15) is 0 Å². The average Bonchev–Trinajstić information content (AvgIpc) is 2.41. The molecule has 6 heteroatoms. The lowest BCUT2D eigenvalue weighted by atomic mass is 10.3. The van der Waals surface area contributed by atoms with Crippen molar-refractivity contribution in [2.75, 3.05) is 11.9 Å². The molecule has 1 N–H and O–H groups in total. The van der Waals surface area contributed by atoms with E-state index in [2.05, 4.69) is 10.3 Å². The summed E-state index contributed by atoms with van der Waals surface area (Å²) in [6.07, 6.45) is 2.92. The van der Waals surface area contributed by atoms with Gasteiger partial charge < -0.3 is 14.5 Å². The van der Waals surface area contributed by atoms with Gasteiger partial charge in [-0.1, -0.05) is 6.07 Å². The molecule has 0 saturated carbocycles. The van der Waals surface area contributed by atoms with Crippen molar-refractivity contribution in [3.63, 3.8) is 0 Å². The summed E-state index contributed by atoms with van der Waals surface area (Å²) in [6.45, 7) is 3.21. The number of hydrogen-bond donors (Lipinski definition) is 1. The predicted octanol–water partition coefficient (Wildman–Crippen LogP) is 1.67. The fourth-order valence-corrected chi connectivity index (χ4v) is 1.53. The van der Waals surface area contributed by atoms with Crippen LogP contribution in [0.4, 0.5) is 5.82 Å². The second-order valence-corrected chi connectivity index (χ2v) is 4.23. The third-order valence-corrected chi connectivity index (χ3v) is 2.53. The number of carbonyl (C=O) groups excluding carboxylic acids is 1. The van der Waals surface area contributed by atoms with E-state index in [0.29, 0.717) is 11.6 Å². The third kappa shape index (κ3) is 3.44. The molecule has 0 unspecified atom stereocenters. The van der Waals surface area contributed by atoms with Crippen LogP contribution in [0, 0.1) is 13.8 Å². The number of anilines is 1. The van der Waals surface area contributed by atoms with Crippen LogP contribution in [0.25, 0.3) is 0 Å². The molecule has 2 rings (SSSR count). The molecule has 0 aliphatic rings. The molecule has 20 heavy (non-hydrogen) atoms. The second kappa shape index (κ2) is 6.01. The lowest BCUT2D eigenvalue weighted by molar-refractivity contribution is -0.118. The summed E-state index contributed by atoms with van der Waals surface area (Å²) in [5, 5.41) is 2.57. The molecule has 2 aromatic heterocycles. The van der Waals surface area contributed by atoms with Crippen LogP contribution in [0.2, 0.25) is 0 Å². The lowest BCUT2D eigenvalue weighted by Gasteiger charge is -2.07. The average molecular weight is 274 g/mol. The van der Waals surface area contributed by atoms with E-state index in [0.717, 1.165) is 5.56 Å². The first-order chi connectivity index (χ1) is 9.56. The molecule has 0 bridgehead atoms. The Kier molecular flexibility index (Phi) is 4.14. The van der Waals surface area contributed by atoms with Crippen molar-refractivity contribution in [3.8, 4) is 5.75 Å². The molecule has 2 heterocycles. The highest BCUT2D eigenvalue weighted by Crippen LogP contribution is 2.10. The van der Waals surface area contributed by atoms with Crippen LogP contribution in [-0.2, 0) is 4.79 Å². The minimum absolute atomic E-state index is 0.0412. The predicted molar refractivity (Wildman–Crippen MR) is 72.8 cm³/mol. The summed E-state index contributed by atoms with van der Waals surface area (Å²) in [7, 11) is 0. The first kappa shape index (κ1) is 13.8. The molecule has 0 atom stereocenters. The molecule has 2 aromatic rings. The Hall–Kier alpha value is -2.63. The molecule has 0 aliphatic carbocycles. The topological polar surface area (TPSA) is 81.4 Å². The van der Waals surface area contributed by atoms with E-state index >= 15 is 0 Å². The molecule has 0 aromatic carbocycles. The number of rotatable bonds is 4. The van der Waals surface area contributed by atoms with E-state index in [4.69, 9.17) is 9.15 Å². The first-order valence-electron chi connectivity index (χ1n) is 6.00. The molecule has 0 spiro atoms. The summed E-state index contributed by atoms with van der Waals surface area (Å²) in [6, 6.07) is 4.76. The summed E-state index contributed by atoms with van der Waals surface area (Å²) in [5.41, 5.74) is 0.673. The number of amides is 1.